The van der Waals surface area contributed by atoms with Crippen LogP contribution in [0.1, 0.15) is 258 Å². The number of allylic oxidation sites excluding steroid dienone is 2. The Balaban J connectivity index is 4.07. The van der Waals surface area contributed by atoms with E-state index in [0.29, 0.717) is 17.4 Å². The molecule has 0 aromatic rings. The number of hydrogen-bond donors (Lipinski definition) is 0. The monoisotopic (exact) mass is 900 g/mol. The number of nitrogens with zero attached hydrogens (tertiary/aromatic N) is 1. The van der Waals surface area contributed by atoms with Crippen LogP contribution in [0.15, 0.2) is 12.2 Å². The van der Waals surface area contributed by atoms with E-state index >= 15 is 0 Å². The SMILES string of the molecule is CCCCCCCCCC/C=C\CCCCCCCCCCCCCCCCCC(=O)OC(COC(=O)CCCCCCCCCCCCC)COP(=O)([O-])OCC[N+](C)(C)C. The molecule has 0 saturated carbocycles. The fourth-order valence-corrected chi connectivity index (χ4v) is 8.38. The van der Waals surface area contributed by atoms with E-state index in [1.54, 1.807) is 0 Å². The van der Waals surface area contributed by atoms with Crippen LogP contribution in [-0.4, -0.2) is 70.0 Å². The average molecular weight is 900 g/mol. The Hall–Kier alpha value is -1.25. The molecule has 0 aliphatic rings. The summed E-state index contributed by atoms with van der Waals surface area (Å²) in [6.07, 6.45) is 49.7. The van der Waals surface area contributed by atoms with Gasteiger partial charge in [0.05, 0.1) is 27.7 Å². The lowest BCUT2D eigenvalue weighted by molar-refractivity contribution is -0.870. The van der Waals surface area contributed by atoms with Gasteiger partial charge in [0.1, 0.15) is 19.8 Å². The maximum Gasteiger partial charge on any atom is 0.306 e. The molecule has 0 aromatic carbocycles. The van der Waals surface area contributed by atoms with E-state index in [1.165, 1.54) is 193 Å². The first-order valence-corrected chi connectivity index (χ1v) is 27.9. The third-order valence-corrected chi connectivity index (χ3v) is 12.7. The maximum absolute atomic E-state index is 12.7. The van der Waals surface area contributed by atoms with Gasteiger partial charge in [0.2, 0.25) is 0 Å². The highest BCUT2D eigenvalue weighted by Crippen LogP contribution is 2.38. The zero-order chi connectivity index (χ0) is 45.7. The summed E-state index contributed by atoms with van der Waals surface area (Å²) in [5.41, 5.74) is 0. The van der Waals surface area contributed by atoms with E-state index in [2.05, 4.69) is 26.0 Å². The molecule has 2 atom stereocenters. The van der Waals surface area contributed by atoms with Crippen molar-refractivity contribution in [1.29, 1.82) is 0 Å². The Morgan fingerprint density at radius 2 is 0.823 bits per heavy atom. The summed E-state index contributed by atoms with van der Waals surface area (Å²) in [6, 6.07) is 0. The molecule has 10 heteroatoms. The van der Waals surface area contributed by atoms with Crippen LogP contribution in [0.5, 0.6) is 0 Å². The number of phosphoric ester groups is 1. The van der Waals surface area contributed by atoms with Crippen molar-refractivity contribution in [3.05, 3.63) is 12.2 Å². The Labute approximate surface area is 384 Å². The van der Waals surface area contributed by atoms with Crippen LogP contribution in [0.4, 0.5) is 0 Å². The summed E-state index contributed by atoms with van der Waals surface area (Å²) in [5.74, 6) is -0.821. The zero-order valence-corrected chi connectivity index (χ0v) is 42.5. The van der Waals surface area contributed by atoms with Gasteiger partial charge in [0.15, 0.2) is 6.10 Å². The first-order valence-electron chi connectivity index (χ1n) is 26.4. The number of carbonyl (C=O) groups is 2. The predicted octanol–water partition coefficient (Wildman–Crippen LogP) is 15.1. The summed E-state index contributed by atoms with van der Waals surface area (Å²) in [4.78, 5) is 37.6. The minimum Gasteiger partial charge on any atom is -0.756 e. The summed E-state index contributed by atoms with van der Waals surface area (Å²) in [5, 5.41) is 0. The van der Waals surface area contributed by atoms with Gasteiger partial charge in [-0.2, -0.15) is 0 Å². The fourth-order valence-electron chi connectivity index (χ4n) is 7.65. The number of hydrogen-bond acceptors (Lipinski definition) is 8. The van der Waals surface area contributed by atoms with Crippen LogP contribution in [-0.2, 0) is 32.7 Å². The van der Waals surface area contributed by atoms with Crippen molar-refractivity contribution < 1.29 is 42.1 Å². The minimum absolute atomic E-state index is 0.0269. The van der Waals surface area contributed by atoms with E-state index in [9.17, 15) is 19.0 Å². The average Bonchev–Trinajstić information content (AvgIpc) is 3.23. The second-order valence-corrected chi connectivity index (χ2v) is 20.7. The van der Waals surface area contributed by atoms with Crippen molar-refractivity contribution in [3.63, 3.8) is 0 Å². The highest BCUT2D eigenvalue weighted by atomic mass is 31.2. The number of unbranched alkanes of at least 4 members (excludes halogenated alkanes) is 33. The molecule has 368 valence electrons. The molecule has 0 radical (unpaired) electrons. The lowest BCUT2D eigenvalue weighted by Crippen LogP contribution is -2.37. The number of carbonyl (C=O) groups excluding carboxylic acids is 2. The van der Waals surface area contributed by atoms with Crippen LogP contribution in [0.3, 0.4) is 0 Å². The molecule has 0 rings (SSSR count). The molecule has 0 heterocycles. The van der Waals surface area contributed by atoms with E-state index in [1.807, 2.05) is 21.1 Å². The van der Waals surface area contributed by atoms with Crippen LogP contribution in [0, 0.1) is 0 Å². The summed E-state index contributed by atoms with van der Waals surface area (Å²) in [6.45, 7) is 4.26. The lowest BCUT2D eigenvalue weighted by Gasteiger charge is -2.28. The topological polar surface area (TPSA) is 111 Å². The number of esters is 2. The molecule has 0 aliphatic heterocycles. The van der Waals surface area contributed by atoms with Crippen molar-refractivity contribution in [2.45, 2.75) is 264 Å². The van der Waals surface area contributed by atoms with Crippen LogP contribution < -0.4 is 4.89 Å². The summed E-state index contributed by atoms with van der Waals surface area (Å²) >= 11 is 0. The van der Waals surface area contributed by atoms with Gasteiger partial charge in [-0.15, -0.1) is 0 Å². The first-order chi connectivity index (χ1) is 30.0. The number of quaternary nitrogens is 1. The molecule has 0 amide bonds. The standard InChI is InChI=1S/C52H102NO8P/c1-6-8-10-12-14-16-18-19-20-21-22-23-24-25-26-27-28-29-30-31-32-33-35-37-39-41-43-45-52(55)61-50(49-60-62(56,57)59-47-46-53(3,4)5)48-58-51(54)44-42-40-38-36-34-17-15-13-11-9-7-2/h21-22,50H,6-20,23-49H2,1-5H3/b22-21-. The lowest BCUT2D eigenvalue weighted by atomic mass is 10.0. The molecular formula is C52H102NO8P. The summed E-state index contributed by atoms with van der Waals surface area (Å²) < 4.78 is 34.0. The molecule has 9 nitrogen and oxygen atoms in total. The third-order valence-electron chi connectivity index (χ3n) is 11.8. The summed E-state index contributed by atoms with van der Waals surface area (Å²) in [7, 11) is 1.18. The van der Waals surface area contributed by atoms with E-state index < -0.39 is 26.5 Å². The normalized spacial score (nSPS) is 13.5. The molecule has 0 aliphatic carbocycles. The highest BCUT2D eigenvalue weighted by Gasteiger charge is 2.21. The largest absolute Gasteiger partial charge is 0.756 e. The quantitative estimate of drug-likeness (QED) is 0.0195. The Bertz CT molecular complexity index is 1060. The van der Waals surface area contributed by atoms with Gasteiger partial charge in [0, 0.05) is 12.8 Å². The van der Waals surface area contributed by atoms with E-state index in [0.717, 1.165) is 32.1 Å². The molecule has 0 fully saturated rings. The predicted molar refractivity (Wildman–Crippen MR) is 259 cm³/mol. The molecular weight excluding hydrogens is 798 g/mol. The Morgan fingerprint density at radius 3 is 1.19 bits per heavy atom. The third kappa shape index (κ3) is 48.2. The second-order valence-electron chi connectivity index (χ2n) is 19.2. The van der Waals surface area contributed by atoms with Gasteiger partial charge in [-0.25, -0.2) is 0 Å². The molecule has 2 unspecified atom stereocenters. The van der Waals surface area contributed by atoms with Crippen molar-refractivity contribution in [3.8, 4) is 0 Å². The van der Waals surface area contributed by atoms with Crippen LogP contribution in [0.25, 0.3) is 0 Å². The van der Waals surface area contributed by atoms with Crippen molar-refractivity contribution in [2.24, 2.45) is 0 Å². The number of rotatable bonds is 49. The van der Waals surface area contributed by atoms with Gasteiger partial charge < -0.3 is 27.9 Å². The van der Waals surface area contributed by atoms with Crippen molar-refractivity contribution >= 4 is 19.8 Å². The molecule has 0 saturated heterocycles. The number of ether oxygens (including phenoxy) is 2. The molecule has 0 spiro atoms. The maximum atomic E-state index is 12.7. The number of phosphoric acid groups is 1. The van der Waals surface area contributed by atoms with Crippen LogP contribution >= 0.6 is 7.82 Å². The zero-order valence-electron chi connectivity index (χ0n) is 41.6. The second kappa shape index (κ2) is 44.9. The van der Waals surface area contributed by atoms with Crippen LogP contribution in [0.2, 0.25) is 0 Å². The molecule has 62 heavy (non-hydrogen) atoms. The van der Waals surface area contributed by atoms with E-state index in [-0.39, 0.29) is 32.0 Å². The van der Waals surface area contributed by atoms with Crippen molar-refractivity contribution in [1.82, 2.24) is 0 Å². The van der Waals surface area contributed by atoms with Gasteiger partial charge >= 0.3 is 11.9 Å². The van der Waals surface area contributed by atoms with Crippen molar-refractivity contribution in [2.75, 3.05) is 47.5 Å². The minimum atomic E-state index is -4.62. The smallest absolute Gasteiger partial charge is 0.306 e. The molecule has 0 bridgehead atoms. The number of likely N-dealkylation sites (N-methyl/N-ethyl adjacent to an activating group) is 1. The Kier molecular flexibility index (Phi) is 44.0. The highest BCUT2D eigenvalue weighted by molar-refractivity contribution is 7.45. The van der Waals surface area contributed by atoms with Gasteiger partial charge in [-0.1, -0.05) is 219 Å². The van der Waals surface area contributed by atoms with Gasteiger partial charge in [-0.05, 0) is 38.5 Å². The van der Waals surface area contributed by atoms with Gasteiger partial charge in [0.25, 0.3) is 7.82 Å². The fraction of sp³-hybridized carbons (Fsp3) is 0.923. The Morgan fingerprint density at radius 1 is 0.484 bits per heavy atom. The van der Waals surface area contributed by atoms with Gasteiger partial charge in [-0.3, -0.25) is 14.2 Å². The van der Waals surface area contributed by atoms with E-state index in [4.69, 9.17) is 18.5 Å². The molecule has 0 aromatic heterocycles. The first kappa shape index (κ1) is 60.8. The molecule has 0 N–H and O–H groups in total.